The summed E-state index contributed by atoms with van der Waals surface area (Å²) >= 11 is 5.39. The molecule has 0 saturated carbocycles. The van der Waals surface area contributed by atoms with E-state index in [0.29, 0.717) is 18.1 Å². The molecule has 1 aromatic carbocycles. The lowest BCUT2D eigenvalue weighted by Gasteiger charge is -2.10. The monoisotopic (exact) mass is 240 g/mol. The Kier molecular flexibility index (Phi) is 4.81. The number of hydrogen-bond acceptors (Lipinski definition) is 2. The molecule has 0 unspecified atom stereocenters. The van der Waals surface area contributed by atoms with E-state index in [1.807, 2.05) is 6.92 Å². The predicted molar refractivity (Wildman–Crippen MR) is 66.3 cm³/mol. The number of halogens is 1. The van der Waals surface area contributed by atoms with Gasteiger partial charge in [-0.25, -0.2) is 0 Å². The van der Waals surface area contributed by atoms with Gasteiger partial charge in [0.15, 0.2) is 0 Å². The molecule has 0 aliphatic heterocycles. The van der Waals surface area contributed by atoms with Crippen molar-refractivity contribution in [3.8, 4) is 5.75 Å². The van der Waals surface area contributed by atoms with Gasteiger partial charge in [0, 0.05) is 5.56 Å². The molecule has 1 rings (SSSR count). The van der Waals surface area contributed by atoms with E-state index >= 15 is 0 Å². The van der Waals surface area contributed by atoms with Crippen LogP contribution in [-0.2, 0) is 0 Å². The van der Waals surface area contributed by atoms with Crippen LogP contribution in [0.5, 0.6) is 5.75 Å². The average Bonchev–Trinajstić information content (AvgIpc) is 2.19. The van der Waals surface area contributed by atoms with Crippen LogP contribution in [0.15, 0.2) is 18.2 Å². The summed E-state index contributed by atoms with van der Waals surface area (Å²) in [6, 6.07) is 5.23. The maximum Gasteiger partial charge on any atom is 0.252 e. The van der Waals surface area contributed by atoms with Crippen molar-refractivity contribution in [3.05, 3.63) is 29.3 Å². The fourth-order valence-electron chi connectivity index (χ4n) is 1.34. The van der Waals surface area contributed by atoms with E-state index in [1.54, 1.807) is 18.2 Å². The molecule has 3 heteroatoms. The second kappa shape index (κ2) is 5.90. The van der Waals surface area contributed by atoms with E-state index in [9.17, 15) is 4.79 Å². The van der Waals surface area contributed by atoms with Crippen LogP contribution in [0.2, 0.25) is 0 Å². The van der Waals surface area contributed by atoms with Gasteiger partial charge in [-0.3, -0.25) is 4.79 Å². The van der Waals surface area contributed by atoms with Gasteiger partial charge in [-0.2, -0.15) is 0 Å². The van der Waals surface area contributed by atoms with E-state index in [1.165, 1.54) is 0 Å². The summed E-state index contributed by atoms with van der Waals surface area (Å²) in [5.74, 6) is 1.45. The first-order valence-corrected chi connectivity index (χ1v) is 5.81. The molecule has 0 radical (unpaired) electrons. The summed E-state index contributed by atoms with van der Waals surface area (Å²) in [6.07, 6.45) is 1.02. The minimum Gasteiger partial charge on any atom is -0.493 e. The molecule has 0 aliphatic rings. The van der Waals surface area contributed by atoms with Crippen molar-refractivity contribution < 1.29 is 9.53 Å². The van der Waals surface area contributed by atoms with Crippen molar-refractivity contribution in [1.29, 1.82) is 0 Å². The SMILES string of the molecule is Cc1cc(C(=O)Cl)ccc1OCCC(C)C. The van der Waals surface area contributed by atoms with Gasteiger partial charge < -0.3 is 4.74 Å². The van der Waals surface area contributed by atoms with Gasteiger partial charge in [0.25, 0.3) is 5.24 Å². The van der Waals surface area contributed by atoms with Crippen LogP contribution in [0.1, 0.15) is 36.2 Å². The Balaban J connectivity index is 2.64. The molecule has 1 aromatic rings. The number of benzene rings is 1. The van der Waals surface area contributed by atoms with Crippen LogP contribution >= 0.6 is 11.6 Å². The van der Waals surface area contributed by atoms with E-state index in [0.717, 1.165) is 17.7 Å². The molecular formula is C13H17ClO2. The second-order valence-electron chi connectivity index (χ2n) is 4.28. The number of carbonyl (C=O) groups is 1. The van der Waals surface area contributed by atoms with Gasteiger partial charge in [-0.05, 0) is 54.6 Å². The largest absolute Gasteiger partial charge is 0.493 e. The molecule has 88 valence electrons. The standard InChI is InChI=1S/C13H17ClO2/c1-9(2)6-7-16-12-5-4-11(13(14)15)8-10(12)3/h4-5,8-9H,6-7H2,1-3H3. The van der Waals surface area contributed by atoms with Gasteiger partial charge in [0.2, 0.25) is 0 Å². The molecule has 0 amide bonds. The second-order valence-corrected chi connectivity index (χ2v) is 4.63. The van der Waals surface area contributed by atoms with Crippen molar-refractivity contribution >= 4 is 16.8 Å². The summed E-state index contributed by atoms with van der Waals surface area (Å²) in [4.78, 5) is 10.9. The fraction of sp³-hybridized carbons (Fsp3) is 0.462. The van der Waals surface area contributed by atoms with Gasteiger partial charge >= 0.3 is 0 Å². The number of ether oxygens (including phenoxy) is 1. The summed E-state index contributed by atoms with van der Waals surface area (Å²) in [7, 11) is 0. The van der Waals surface area contributed by atoms with Gasteiger partial charge in [-0.1, -0.05) is 13.8 Å². The summed E-state index contributed by atoms with van der Waals surface area (Å²) in [5, 5.41) is -0.433. The van der Waals surface area contributed by atoms with Crippen molar-refractivity contribution in [3.63, 3.8) is 0 Å². The number of aryl methyl sites for hydroxylation is 1. The minimum absolute atomic E-state index is 0.433. The molecule has 0 saturated heterocycles. The zero-order chi connectivity index (χ0) is 12.1. The van der Waals surface area contributed by atoms with Crippen LogP contribution in [0.4, 0.5) is 0 Å². The zero-order valence-corrected chi connectivity index (χ0v) is 10.7. The Labute approximate surface area is 102 Å². The van der Waals surface area contributed by atoms with Crippen LogP contribution < -0.4 is 4.74 Å². The number of carbonyl (C=O) groups excluding carboxylic acids is 1. The van der Waals surface area contributed by atoms with E-state index in [2.05, 4.69) is 13.8 Å². The maximum atomic E-state index is 10.9. The lowest BCUT2D eigenvalue weighted by Crippen LogP contribution is -2.03. The first kappa shape index (κ1) is 13.0. The first-order chi connectivity index (χ1) is 7.50. The van der Waals surface area contributed by atoms with Gasteiger partial charge in [0.1, 0.15) is 5.75 Å². The highest BCUT2D eigenvalue weighted by Gasteiger charge is 2.05. The highest BCUT2D eigenvalue weighted by atomic mass is 35.5. The van der Waals surface area contributed by atoms with Crippen molar-refractivity contribution in [2.75, 3.05) is 6.61 Å². The number of hydrogen-bond donors (Lipinski definition) is 0. The topological polar surface area (TPSA) is 26.3 Å². The van der Waals surface area contributed by atoms with Crippen LogP contribution in [0, 0.1) is 12.8 Å². The van der Waals surface area contributed by atoms with Crippen molar-refractivity contribution in [2.45, 2.75) is 27.2 Å². The zero-order valence-electron chi connectivity index (χ0n) is 9.92. The summed E-state index contributed by atoms with van der Waals surface area (Å²) < 4.78 is 5.63. The van der Waals surface area contributed by atoms with E-state index < -0.39 is 5.24 Å². The molecule has 0 spiro atoms. The molecular weight excluding hydrogens is 224 g/mol. The van der Waals surface area contributed by atoms with Crippen LogP contribution in [0.25, 0.3) is 0 Å². The smallest absolute Gasteiger partial charge is 0.252 e. The van der Waals surface area contributed by atoms with Crippen molar-refractivity contribution in [2.24, 2.45) is 5.92 Å². The Morgan fingerprint density at radius 2 is 2.12 bits per heavy atom. The highest BCUT2D eigenvalue weighted by molar-refractivity contribution is 6.67. The first-order valence-electron chi connectivity index (χ1n) is 5.44. The molecule has 0 bridgehead atoms. The third kappa shape index (κ3) is 3.86. The third-order valence-electron chi connectivity index (χ3n) is 2.35. The Bertz CT molecular complexity index is 372. The number of rotatable bonds is 5. The summed E-state index contributed by atoms with van der Waals surface area (Å²) in [6.45, 7) is 6.93. The van der Waals surface area contributed by atoms with Crippen molar-refractivity contribution in [1.82, 2.24) is 0 Å². The lowest BCUT2D eigenvalue weighted by atomic mass is 10.1. The molecule has 0 atom stereocenters. The Morgan fingerprint density at radius 1 is 1.44 bits per heavy atom. The Morgan fingerprint density at radius 3 is 2.62 bits per heavy atom. The third-order valence-corrected chi connectivity index (χ3v) is 2.57. The Hall–Kier alpha value is -1.02. The fourth-order valence-corrected chi connectivity index (χ4v) is 1.46. The van der Waals surface area contributed by atoms with Crippen LogP contribution in [-0.4, -0.2) is 11.8 Å². The van der Waals surface area contributed by atoms with Crippen LogP contribution in [0.3, 0.4) is 0 Å². The molecule has 0 heterocycles. The van der Waals surface area contributed by atoms with E-state index in [4.69, 9.17) is 16.3 Å². The summed E-state index contributed by atoms with van der Waals surface area (Å²) in [5.41, 5.74) is 1.45. The maximum absolute atomic E-state index is 10.9. The highest BCUT2D eigenvalue weighted by Crippen LogP contribution is 2.20. The normalized spacial score (nSPS) is 10.6. The quantitative estimate of drug-likeness (QED) is 0.732. The molecule has 0 N–H and O–H groups in total. The van der Waals surface area contributed by atoms with Gasteiger partial charge in [0.05, 0.1) is 6.61 Å². The average molecular weight is 241 g/mol. The predicted octanol–water partition coefficient (Wildman–Crippen LogP) is 3.80. The molecule has 0 aromatic heterocycles. The molecule has 0 fully saturated rings. The van der Waals surface area contributed by atoms with Gasteiger partial charge in [-0.15, -0.1) is 0 Å². The molecule has 2 nitrogen and oxygen atoms in total. The minimum atomic E-state index is -0.433. The van der Waals surface area contributed by atoms with E-state index in [-0.39, 0.29) is 0 Å². The molecule has 16 heavy (non-hydrogen) atoms. The lowest BCUT2D eigenvalue weighted by molar-refractivity contribution is 0.108. The molecule has 0 aliphatic carbocycles.